The van der Waals surface area contributed by atoms with E-state index in [-0.39, 0.29) is 11.4 Å². The Morgan fingerprint density at radius 3 is 1.19 bits per heavy atom. The van der Waals surface area contributed by atoms with Crippen LogP contribution in [-0.4, -0.2) is 59.0 Å². The zero-order valence-corrected chi connectivity index (χ0v) is 17.0. The van der Waals surface area contributed by atoms with Gasteiger partial charge in [-0.15, -0.1) is 0 Å². The van der Waals surface area contributed by atoms with Gasteiger partial charge in [0.15, 0.2) is 0 Å². The molecule has 26 heavy (non-hydrogen) atoms. The highest BCUT2D eigenvalue weighted by Crippen LogP contribution is 2.27. The van der Waals surface area contributed by atoms with Crippen LogP contribution in [-0.2, 0) is 9.31 Å². The van der Waals surface area contributed by atoms with Crippen LogP contribution in [0, 0.1) is 10.8 Å². The summed E-state index contributed by atoms with van der Waals surface area (Å²) in [6, 6.07) is 0. The van der Waals surface area contributed by atoms with Gasteiger partial charge in [0, 0.05) is 0 Å². The molecule has 0 atom stereocenters. The second-order valence-electron chi connectivity index (χ2n) is 8.60. The van der Waals surface area contributed by atoms with Crippen LogP contribution in [0.15, 0.2) is 23.1 Å². The fourth-order valence-electron chi connectivity index (χ4n) is 1.54. The van der Waals surface area contributed by atoms with Gasteiger partial charge in [0.1, 0.15) is 0 Å². The number of aliphatic hydroxyl groups is 2. The Bertz CT molecular complexity index is 583. The monoisotopic (exact) mass is 360 g/mol. The molecule has 2 radical (unpaired) electrons. The highest BCUT2D eigenvalue weighted by Gasteiger charge is 2.38. The van der Waals surface area contributed by atoms with Gasteiger partial charge < -0.3 is 19.5 Å². The molecule has 1 rings (SSSR count). The highest BCUT2D eigenvalue weighted by molar-refractivity contribution is 6.71. The minimum absolute atomic E-state index is 0.00467. The van der Waals surface area contributed by atoms with Gasteiger partial charge in [-0.2, -0.15) is 0 Å². The number of allylic oxidation sites excluding steroid dienone is 4. The summed E-state index contributed by atoms with van der Waals surface area (Å²) >= 11 is 0. The molecule has 0 aromatic carbocycles. The van der Waals surface area contributed by atoms with Crippen LogP contribution in [0.5, 0.6) is 0 Å². The lowest BCUT2D eigenvalue weighted by atomic mass is 9.70. The second kappa shape index (κ2) is 7.43. The Morgan fingerprint density at radius 2 is 0.962 bits per heavy atom. The normalized spacial score (nSPS) is 17.0. The lowest BCUT2D eigenvalue weighted by Crippen LogP contribution is -2.49. The molecule has 0 aromatic heterocycles. The van der Waals surface area contributed by atoms with Crippen LogP contribution >= 0.6 is 0 Å². The zero-order chi connectivity index (χ0) is 20.6. The predicted molar refractivity (Wildman–Crippen MR) is 106 cm³/mol. The first-order chi connectivity index (χ1) is 11.5. The summed E-state index contributed by atoms with van der Waals surface area (Å²) in [6.07, 6.45) is 3.32. The standard InChI is InChI=1S/C18H30B2N2O4/c1-15(2,23)17(5,6)25-19-11-9-10-12(14(22)13(11)21)20-26-18(7,8)16(3,4)24/h9-10,21-24H,1-8H3. The Labute approximate surface area is 158 Å². The third-order valence-corrected chi connectivity index (χ3v) is 5.18. The third-order valence-electron chi connectivity index (χ3n) is 5.18. The van der Waals surface area contributed by atoms with Crippen LogP contribution in [0.3, 0.4) is 0 Å². The largest absolute Gasteiger partial charge is 0.427 e. The molecule has 0 saturated heterocycles. The molecule has 0 aliphatic heterocycles. The summed E-state index contributed by atoms with van der Waals surface area (Å²) in [5, 5.41) is 36.6. The van der Waals surface area contributed by atoms with E-state index in [0.29, 0.717) is 10.9 Å². The van der Waals surface area contributed by atoms with E-state index in [1.165, 1.54) is 15.0 Å². The van der Waals surface area contributed by atoms with Crippen molar-refractivity contribution in [2.24, 2.45) is 0 Å². The number of hydrogen-bond donors (Lipinski definition) is 4. The summed E-state index contributed by atoms with van der Waals surface area (Å²) < 4.78 is 11.3. The molecule has 142 valence electrons. The van der Waals surface area contributed by atoms with Crippen LogP contribution in [0.2, 0.25) is 0 Å². The van der Waals surface area contributed by atoms with Gasteiger partial charge >= 0.3 is 15.0 Å². The SMILES string of the molecule is CC(C)(O)C(C)(C)O[B]C1=CC=C([B]OC(C)(C)C(C)(C)O)C(=N)C1=N. The molecule has 1 aliphatic carbocycles. The molecule has 0 fully saturated rings. The maximum absolute atomic E-state index is 10.1. The molecule has 0 spiro atoms. The summed E-state index contributed by atoms with van der Waals surface area (Å²) in [5.74, 6) is 0. The van der Waals surface area contributed by atoms with Gasteiger partial charge in [0.05, 0.1) is 33.8 Å². The molecule has 0 heterocycles. The molecule has 8 heteroatoms. The molecular weight excluding hydrogens is 330 g/mol. The van der Waals surface area contributed by atoms with E-state index < -0.39 is 22.4 Å². The van der Waals surface area contributed by atoms with Crippen LogP contribution in [0.1, 0.15) is 55.4 Å². The van der Waals surface area contributed by atoms with Crippen molar-refractivity contribution >= 4 is 26.4 Å². The molecule has 0 unspecified atom stereocenters. The topological polar surface area (TPSA) is 107 Å². The van der Waals surface area contributed by atoms with Crippen molar-refractivity contribution < 1.29 is 19.5 Å². The molecule has 0 saturated carbocycles. The lowest BCUT2D eigenvalue weighted by Gasteiger charge is -2.38. The van der Waals surface area contributed by atoms with Crippen molar-refractivity contribution in [3.63, 3.8) is 0 Å². The smallest absolute Gasteiger partial charge is 0.333 e. The van der Waals surface area contributed by atoms with Crippen molar-refractivity contribution in [1.29, 1.82) is 10.8 Å². The van der Waals surface area contributed by atoms with Crippen molar-refractivity contribution in [3.8, 4) is 0 Å². The summed E-state index contributed by atoms with van der Waals surface area (Å²) in [6.45, 7) is 13.6. The average Bonchev–Trinajstić information content (AvgIpc) is 2.45. The Kier molecular flexibility index (Phi) is 6.52. The minimum Gasteiger partial charge on any atom is -0.427 e. The summed E-state index contributed by atoms with van der Waals surface area (Å²) in [4.78, 5) is 0. The molecule has 0 bridgehead atoms. The highest BCUT2D eigenvalue weighted by atomic mass is 16.5. The van der Waals surface area contributed by atoms with Gasteiger partial charge in [0.25, 0.3) is 0 Å². The van der Waals surface area contributed by atoms with Crippen LogP contribution in [0.25, 0.3) is 0 Å². The van der Waals surface area contributed by atoms with Gasteiger partial charge in [-0.25, -0.2) is 0 Å². The number of hydrogen-bond acceptors (Lipinski definition) is 6. The average molecular weight is 360 g/mol. The fourth-order valence-corrected chi connectivity index (χ4v) is 1.54. The maximum atomic E-state index is 10.1. The lowest BCUT2D eigenvalue weighted by molar-refractivity contribution is -0.0896. The summed E-state index contributed by atoms with van der Waals surface area (Å²) in [7, 11) is 2.79. The molecule has 1 aliphatic rings. The van der Waals surface area contributed by atoms with Gasteiger partial charge in [-0.3, -0.25) is 10.8 Å². The number of rotatable bonds is 8. The predicted octanol–water partition coefficient (Wildman–Crippen LogP) is 2.18. The van der Waals surface area contributed by atoms with Crippen molar-refractivity contribution in [1.82, 2.24) is 0 Å². The minimum atomic E-state index is -1.07. The van der Waals surface area contributed by atoms with E-state index in [1.54, 1.807) is 67.5 Å². The van der Waals surface area contributed by atoms with E-state index in [0.717, 1.165) is 0 Å². The van der Waals surface area contributed by atoms with Crippen molar-refractivity contribution in [2.75, 3.05) is 0 Å². The van der Waals surface area contributed by atoms with Crippen LogP contribution in [0.4, 0.5) is 0 Å². The van der Waals surface area contributed by atoms with Gasteiger partial charge in [-0.05, 0) is 66.3 Å². The van der Waals surface area contributed by atoms with E-state index >= 15 is 0 Å². The van der Waals surface area contributed by atoms with Crippen LogP contribution < -0.4 is 0 Å². The zero-order valence-electron chi connectivity index (χ0n) is 17.0. The van der Waals surface area contributed by atoms with E-state index in [4.69, 9.17) is 20.1 Å². The molecule has 0 aromatic rings. The summed E-state index contributed by atoms with van der Waals surface area (Å²) in [5.41, 5.74) is -2.99. The third kappa shape index (κ3) is 5.16. The number of nitrogens with one attached hydrogen (secondary N) is 2. The Hall–Kier alpha value is -1.21. The molecule has 6 nitrogen and oxygen atoms in total. The van der Waals surface area contributed by atoms with E-state index in [1.807, 2.05) is 0 Å². The quantitative estimate of drug-likeness (QED) is 0.393. The van der Waals surface area contributed by atoms with Crippen molar-refractivity contribution in [3.05, 3.63) is 23.1 Å². The van der Waals surface area contributed by atoms with Gasteiger partial charge in [0.2, 0.25) is 0 Å². The van der Waals surface area contributed by atoms with Crippen molar-refractivity contribution in [2.45, 2.75) is 77.8 Å². The first-order valence-electron chi connectivity index (χ1n) is 8.56. The molecule has 0 amide bonds. The Morgan fingerprint density at radius 1 is 0.692 bits per heavy atom. The van der Waals surface area contributed by atoms with E-state index in [2.05, 4.69) is 0 Å². The first kappa shape index (κ1) is 22.8. The van der Waals surface area contributed by atoms with E-state index in [9.17, 15) is 10.2 Å². The van der Waals surface area contributed by atoms with Gasteiger partial charge in [-0.1, -0.05) is 12.2 Å². The molecular formula is C18H30B2N2O4. The Balaban J connectivity index is 2.84. The first-order valence-corrected chi connectivity index (χ1v) is 8.56. The fraction of sp³-hybridized carbons (Fsp3) is 0.667. The maximum Gasteiger partial charge on any atom is 0.333 e. The molecule has 4 N–H and O–H groups in total. The second-order valence-corrected chi connectivity index (χ2v) is 8.60.